The first-order valence-electron chi connectivity index (χ1n) is 6.55. The Morgan fingerprint density at radius 3 is 3.00 bits per heavy atom. The molecule has 1 unspecified atom stereocenters. The number of nitrogens with zero attached hydrogens (tertiary/aromatic N) is 2. The quantitative estimate of drug-likeness (QED) is 0.770. The van der Waals surface area contributed by atoms with Gasteiger partial charge in [0.1, 0.15) is 0 Å². The van der Waals surface area contributed by atoms with Crippen LogP contribution in [0.4, 0.5) is 0 Å². The van der Waals surface area contributed by atoms with Gasteiger partial charge in [0.25, 0.3) is 5.91 Å². The Morgan fingerprint density at radius 2 is 2.23 bits per heavy atom. The van der Waals surface area contributed by atoms with E-state index in [4.69, 9.17) is 16.0 Å². The highest BCUT2D eigenvalue weighted by atomic mass is 35.5. The number of aliphatic hydroxyl groups is 1. The van der Waals surface area contributed by atoms with Gasteiger partial charge in [0, 0.05) is 11.2 Å². The van der Waals surface area contributed by atoms with Crippen LogP contribution in [-0.2, 0) is 11.3 Å². The summed E-state index contributed by atoms with van der Waals surface area (Å²) in [6.45, 7) is 0.0623. The van der Waals surface area contributed by atoms with Crippen molar-refractivity contribution in [2.75, 3.05) is 0 Å². The summed E-state index contributed by atoms with van der Waals surface area (Å²) in [5.41, 5.74) is 1.44. The SMILES string of the molecule is O=C(NCc1nc2ncccc2o1)C(O)c1cccc(Cl)c1. The first-order chi connectivity index (χ1) is 10.6. The monoisotopic (exact) mass is 317 g/mol. The number of aromatic nitrogens is 2. The first-order valence-corrected chi connectivity index (χ1v) is 6.93. The van der Waals surface area contributed by atoms with E-state index in [2.05, 4.69) is 15.3 Å². The maximum absolute atomic E-state index is 12.0. The van der Waals surface area contributed by atoms with E-state index in [-0.39, 0.29) is 6.54 Å². The van der Waals surface area contributed by atoms with Crippen molar-refractivity contribution in [2.24, 2.45) is 0 Å². The highest BCUT2D eigenvalue weighted by molar-refractivity contribution is 6.30. The highest BCUT2D eigenvalue weighted by Crippen LogP contribution is 2.18. The van der Waals surface area contributed by atoms with Gasteiger partial charge in [-0.3, -0.25) is 4.79 Å². The van der Waals surface area contributed by atoms with Gasteiger partial charge in [-0.1, -0.05) is 23.7 Å². The van der Waals surface area contributed by atoms with Crippen molar-refractivity contribution in [3.8, 4) is 0 Å². The standard InChI is InChI=1S/C15H12ClN3O3/c16-10-4-1-3-9(7-10)13(20)15(21)18-8-12-19-14-11(22-12)5-2-6-17-14/h1-7,13,20H,8H2,(H,18,21). The van der Waals surface area contributed by atoms with E-state index in [0.29, 0.717) is 27.7 Å². The molecule has 1 atom stereocenters. The predicted molar refractivity (Wildman–Crippen MR) is 80.1 cm³/mol. The molecule has 6 nitrogen and oxygen atoms in total. The van der Waals surface area contributed by atoms with Crippen molar-refractivity contribution >= 4 is 28.7 Å². The van der Waals surface area contributed by atoms with E-state index in [1.807, 2.05) is 0 Å². The third-order valence-corrected chi connectivity index (χ3v) is 3.27. The van der Waals surface area contributed by atoms with Crippen LogP contribution in [0.1, 0.15) is 17.6 Å². The summed E-state index contributed by atoms with van der Waals surface area (Å²) in [5.74, 6) is -0.238. The second-order valence-electron chi connectivity index (χ2n) is 4.61. The van der Waals surface area contributed by atoms with Gasteiger partial charge in [-0.05, 0) is 29.8 Å². The van der Waals surface area contributed by atoms with Crippen LogP contribution in [0.5, 0.6) is 0 Å². The molecule has 3 aromatic rings. The number of hydrogen-bond acceptors (Lipinski definition) is 5. The maximum Gasteiger partial charge on any atom is 0.253 e. The minimum Gasteiger partial charge on any atom is -0.437 e. The number of rotatable bonds is 4. The average Bonchev–Trinajstić information content (AvgIpc) is 2.94. The third-order valence-electron chi connectivity index (χ3n) is 3.04. The molecule has 0 saturated heterocycles. The van der Waals surface area contributed by atoms with Crippen LogP contribution in [0.15, 0.2) is 47.0 Å². The molecule has 3 rings (SSSR count). The van der Waals surface area contributed by atoms with Crippen LogP contribution in [0, 0.1) is 0 Å². The fourth-order valence-corrected chi connectivity index (χ4v) is 2.18. The fourth-order valence-electron chi connectivity index (χ4n) is 1.98. The van der Waals surface area contributed by atoms with Crippen molar-refractivity contribution in [3.05, 3.63) is 59.1 Å². The van der Waals surface area contributed by atoms with Crippen LogP contribution in [0.2, 0.25) is 5.02 Å². The zero-order valence-electron chi connectivity index (χ0n) is 11.4. The molecule has 2 aromatic heterocycles. The van der Waals surface area contributed by atoms with Gasteiger partial charge in [-0.15, -0.1) is 0 Å². The molecule has 2 N–H and O–H groups in total. The molecule has 0 aliphatic carbocycles. The van der Waals surface area contributed by atoms with Crippen molar-refractivity contribution < 1.29 is 14.3 Å². The predicted octanol–water partition coefficient (Wildman–Crippen LogP) is 2.23. The number of aliphatic hydroxyl groups excluding tert-OH is 1. The lowest BCUT2D eigenvalue weighted by molar-refractivity contribution is -0.129. The second-order valence-corrected chi connectivity index (χ2v) is 5.04. The topological polar surface area (TPSA) is 88.3 Å². The minimum absolute atomic E-state index is 0.0623. The molecule has 0 spiro atoms. The molecule has 1 aromatic carbocycles. The molecule has 1 amide bonds. The second kappa shape index (κ2) is 6.13. The summed E-state index contributed by atoms with van der Waals surface area (Å²) in [5, 5.41) is 13.0. The maximum atomic E-state index is 12.0. The van der Waals surface area contributed by atoms with Crippen LogP contribution in [0.3, 0.4) is 0 Å². The minimum atomic E-state index is -1.30. The number of carbonyl (C=O) groups excluding carboxylic acids is 1. The summed E-state index contributed by atoms with van der Waals surface area (Å²) in [4.78, 5) is 20.1. The van der Waals surface area contributed by atoms with Crippen LogP contribution in [-0.4, -0.2) is 21.0 Å². The Balaban J connectivity index is 1.66. The Morgan fingerprint density at radius 1 is 1.36 bits per heavy atom. The fraction of sp³-hybridized carbons (Fsp3) is 0.133. The molecule has 0 bridgehead atoms. The molecular weight excluding hydrogens is 306 g/mol. The Labute approximate surface area is 130 Å². The molecule has 0 radical (unpaired) electrons. The molecule has 7 heteroatoms. The zero-order valence-corrected chi connectivity index (χ0v) is 12.1. The summed E-state index contributed by atoms with van der Waals surface area (Å²) in [7, 11) is 0. The molecule has 0 aliphatic heterocycles. The molecule has 2 heterocycles. The Bertz CT molecular complexity index is 785. The van der Waals surface area contributed by atoms with Crippen LogP contribution in [0.25, 0.3) is 11.2 Å². The van der Waals surface area contributed by atoms with E-state index in [0.717, 1.165) is 0 Å². The number of fused-ring (bicyclic) bond motifs is 1. The summed E-state index contributed by atoms with van der Waals surface area (Å²) < 4.78 is 5.43. The van der Waals surface area contributed by atoms with Crippen LogP contribution >= 0.6 is 11.6 Å². The van der Waals surface area contributed by atoms with Crippen LogP contribution < -0.4 is 5.32 Å². The Kier molecular flexibility index (Phi) is 4.04. The van der Waals surface area contributed by atoms with Gasteiger partial charge in [0.05, 0.1) is 6.54 Å². The lowest BCUT2D eigenvalue weighted by Crippen LogP contribution is -2.28. The summed E-state index contributed by atoms with van der Waals surface area (Å²) >= 11 is 5.84. The van der Waals surface area contributed by atoms with Crippen molar-refractivity contribution in [1.82, 2.24) is 15.3 Å². The average molecular weight is 318 g/mol. The molecule has 0 aliphatic rings. The molecule has 0 fully saturated rings. The van der Waals surface area contributed by atoms with E-state index < -0.39 is 12.0 Å². The summed E-state index contributed by atoms with van der Waals surface area (Å²) in [6, 6.07) is 9.97. The molecular formula is C15H12ClN3O3. The van der Waals surface area contributed by atoms with Gasteiger partial charge in [-0.2, -0.15) is 4.98 Å². The van der Waals surface area contributed by atoms with E-state index in [1.54, 1.807) is 36.5 Å². The lowest BCUT2D eigenvalue weighted by Gasteiger charge is -2.10. The highest BCUT2D eigenvalue weighted by Gasteiger charge is 2.18. The van der Waals surface area contributed by atoms with E-state index >= 15 is 0 Å². The number of amides is 1. The number of hydrogen-bond donors (Lipinski definition) is 2. The molecule has 0 saturated carbocycles. The number of pyridine rings is 1. The zero-order chi connectivity index (χ0) is 15.5. The largest absolute Gasteiger partial charge is 0.437 e. The number of carbonyl (C=O) groups is 1. The van der Waals surface area contributed by atoms with Crippen molar-refractivity contribution in [3.63, 3.8) is 0 Å². The Hall–Kier alpha value is -2.44. The van der Waals surface area contributed by atoms with E-state index in [9.17, 15) is 9.90 Å². The summed E-state index contributed by atoms with van der Waals surface area (Å²) in [6.07, 6.45) is 0.303. The van der Waals surface area contributed by atoms with Gasteiger partial charge >= 0.3 is 0 Å². The van der Waals surface area contributed by atoms with Gasteiger partial charge in [0.15, 0.2) is 17.3 Å². The normalized spacial score (nSPS) is 12.3. The number of benzene rings is 1. The smallest absolute Gasteiger partial charge is 0.253 e. The lowest BCUT2D eigenvalue weighted by atomic mass is 10.1. The van der Waals surface area contributed by atoms with Gasteiger partial charge < -0.3 is 14.8 Å². The van der Waals surface area contributed by atoms with Gasteiger partial charge in [-0.25, -0.2) is 4.98 Å². The molecule has 112 valence electrons. The van der Waals surface area contributed by atoms with Crippen molar-refractivity contribution in [1.29, 1.82) is 0 Å². The number of nitrogens with one attached hydrogen (secondary N) is 1. The third kappa shape index (κ3) is 3.08. The number of halogens is 1. The first kappa shape index (κ1) is 14.5. The van der Waals surface area contributed by atoms with Gasteiger partial charge in [0.2, 0.25) is 5.89 Å². The number of oxazole rings is 1. The van der Waals surface area contributed by atoms with E-state index in [1.165, 1.54) is 6.07 Å². The molecule has 22 heavy (non-hydrogen) atoms. The van der Waals surface area contributed by atoms with Crippen molar-refractivity contribution in [2.45, 2.75) is 12.6 Å².